The number of nitrogens with one attached hydrogen (secondary N) is 1. The molecule has 1 unspecified atom stereocenters. The summed E-state index contributed by atoms with van der Waals surface area (Å²) in [5.74, 6) is -0.949. The van der Waals surface area contributed by atoms with Crippen LogP contribution in [0.2, 0.25) is 5.02 Å². The molecule has 17 heavy (non-hydrogen) atoms. The predicted molar refractivity (Wildman–Crippen MR) is 63.9 cm³/mol. The van der Waals surface area contributed by atoms with Gasteiger partial charge in [-0.3, -0.25) is 9.59 Å². The second-order valence-corrected chi connectivity index (χ2v) is 4.12. The first-order valence-electron chi connectivity index (χ1n) is 4.98. The number of carbonyl (C=O) groups is 2. The lowest BCUT2D eigenvalue weighted by Gasteiger charge is -2.12. The molecule has 0 saturated heterocycles. The van der Waals surface area contributed by atoms with E-state index in [9.17, 15) is 14.7 Å². The molecule has 0 aliphatic rings. The molecule has 1 atom stereocenters. The van der Waals surface area contributed by atoms with E-state index >= 15 is 0 Å². The first-order valence-corrected chi connectivity index (χ1v) is 5.35. The van der Waals surface area contributed by atoms with Crippen molar-refractivity contribution >= 4 is 23.4 Å². The number of aromatic hydroxyl groups is 1. The van der Waals surface area contributed by atoms with Crippen molar-refractivity contribution in [2.24, 2.45) is 5.73 Å². The number of carbonyl (C=O) groups excluding carboxylic acids is 2. The molecule has 0 heterocycles. The quantitative estimate of drug-likeness (QED) is 0.751. The zero-order chi connectivity index (χ0) is 13.0. The molecule has 0 radical (unpaired) electrons. The third-order valence-corrected chi connectivity index (χ3v) is 2.40. The molecule has 1 aromatic rings. The third-order valence-electron chi connectivity index (χ3n) is 2.09. The van der Waals surface area contributed by atoms with Gasteiger partial charge >= 0.3 is 0 Å². The smallest absolute Gasteiger partial charge is 0.251 e. The third kappa shape index (κ3) is 3.96. The van der Waals surface area contributed by atoms with Crippen LogP contribution in [0.25, 0.3) is 0 Å². The summed E-state index contributed by atoms with van der Waals surface area (Å²) in [4.78, 5) is 22.3. The Labute approximate surface area is 104 Å². The van der Waals surface area contributed by atoms with Crippen LogP contribution < -0.4 is 11.1 Å². The van der Waals surface area contributed by atoms with Gasteiger partial charge in [0.15, 0.2) is 0 Å². The number of nitrogens with two attached hydrogens (primary N) is 1. The first-order chi connectivity index (χ1) is 7.90. The summed E-state index contributed by atoms with van der Waals surface area (Å²) in [5.41, 5.74) is 5.32. The molecule has 1 rings (SSSR count). The molecule has 0 aliphatic heterocycles. The Bertz CT molecular complexity index is 448. The summed E-state index contributed by atoms with van der Waals surface area (Å²) >= 11 is 5.67. The SMILES string of the molecule is CC(CC(N)=O)NC(=O)c1ccc(O)c(Cl)c1. The maximum Gasteiger partial charge on any atom is 0.251 e. The lowest BCUT2D eigenvalue weighted by atomic mass is 10.1. The maximum absolute atomic E-state index is 11.7. The highest BCUT2D eigenvalue weighted by Crippen LogP contribution is 2.23. The molecular formula is C11H13ClN2O3. The molecule has 92 valence electrons. The van der Waals surface area contributed by atoms with E-state index in [1.165, 1.54) is 18.2 Å². The van der Waals surface area contributed by atoms with E-state index in [4.69, 9.17) is 17.3 Å². The second kappa shape index (κ2) is 5.54. The lowest BCUT2D eigenvalue weighted by molar-refractivity contribution is -0.118. The van der Waals surface area contributed by atoms with Crippen LogP contribution in [0.5, 0.6) is 5.75 Å². The Kier molecular flexibility index (Phi) is 4.34. The minimum Gasteiger partial charge on any atom is -0.506 e. The number of hydrogen-bond acceptors (Lipinski definition) is 3. The summed E-state index contributed by atoms with van der Waals surface area (Å²) in [6, 6.07) is 3.76. The average molecular weight is 257 g/mol. The topological polar surface area (TPSA) is 92.4 Å². The Balaban J connectivity index is 2.70. The van der Waals surface area contributed by atoms with E-state index < -0.39 is 5.91 Å². The number of amides is 2. The molecule has 0 aromatic heterocycles. The highest BCUT2D eigenvalue weighted by Gasteiger charge is 2.12. The van der Waals surface area contributed by atoms with Crippen molar-refractivity contribution in [2.75, 3.05) is 0 Å². The number of phenols is 1. The van der Waals surface area contributed by atoms with Gasteiger partial charge in [0.05, 0.1) is 5.02 Å². The maximum atomic E-state index is 11.7. The molecule has 2 amide bonds. The van der Waals surface area contributed by atoms with Gasteiger partial charge in [0, 0.05) is 18.0 Å². The molecule has 0 saturated carbocycles. The van der Waals surface area contributed by atoms with Gasteiger partial charge in [0.2, 0.25) is 5.91 Å². The van der Waals surface area contributed by atoms with Crippen LogP contribution in [0.3, 0.4) is 0 Å². The van der Waals surface area contributed by atoms with Crippen molar-refractivity contribution in [1.82, 2.24) is 5.32 Å². The van der Waals surface area contributed by atoms with Gasteiger partial charge in [0.1, 0.15) is 5.75 Å². The number of phenolic OH excluding ortho intramolecular Hbond substituents is 1. The molecule has 0 fully saturated rings. The predicted octanol–water partition coefficient (Wildman–Crippen LogP) is 1.04. The van der Waals surface area contributed by atoms with Crippen molar-refractivity contribution in [3.05, 3.63) is 28.8 Å². The monoisotopic (exact) mass is 256 g/mol. The number of benzene rings is 1. The fourth-order valence-corrected chi connectivity index (χ4v) is 1.49. The van der Waals surface area contributed by atoms with Gasteiger partial charge in [-0.05, 0) is 25.1 Å². The summed E-state index contributed by atoms with van der Waals surface area (Å²) in [6.45, 7) is 1.67. The molecule has 6 heteroatoms. The zero-order valence-electron chi connectivity index (χ0n) is 9.24. The Morgan fingerprint density at radius 3 is 2.71 bits per heavy atom. The van der Waals surface area contributed by atoms with Crippen LogP contribution in [-0.4, -0.2) is 23.0 Å². The fourth-order valence-electron chi connectivity index (χ4n) is 1.31. The molecule has 0 aliphatic carbocycles. The van der Waals surface area contributed by atoms with Crippen molar-refractivity contribution in [3.8, 4) is 5.75 Å². The van der Waals surface area contributed by atoms with Gasteiger partial charge in [-0.15, -0.1) is 0 Å². The van der Waals surface area contributed by atoms with E-state index in [2.05, 4.69) is 5.32 Å². The first kappa shape index (κ1) is 13.3. The standard InChI is InChI=1S/C11H13ClN2O3/c1-6(4-10(13)16)14-11(17)7-2-3-9(15)8(12)5-7/h2-3,5-6,15H,4H2,1H3,(H2,13,16)(H,14,17). The number of hydrogen-bond donors (Lipinski definition) is 3. The number of halogens is 1. The van der Waals surface area contributed by atoms with Crippen molar-refractivity contribution in [1.29, 1.82) is 0 Å². The highest BCUT2D eigenvalue weighted by molar-refractivity contribution is 6.32. The van der Waals surface area contributed by atoms with Crippen molar-refractivity contribution in [3.63, 3.8) is 0 Å². The highest BCUT2D eigenvalue weighted by atomic mass is 35.5. The fraction of sp³-hybridized carbons (Fsp3) is 0.273. The summed E-state index contributed by atoms with van der Waals surface area (Å²) in [6.07, 6.45) is 0.0670. The van der Waals surface area contributed by atoms with Crippen molar-refractivity contribution < 1.29 is 14.7 Å². The Morgan fingerprint density at radius 2 is 2.18 bits per heavy atom. The van der Waals surface area contributed by atoms with Gasteiger partial charge in [0.25, 0.3) is 5.91 Å². The van der Waals surface area contributed by atoms with Crippen molar-refractivity contribution in [2.45, 2.75) is 19.4 Å². The largest absolute Gasteiger partial charge is 0.506 e. The molecule has 5 nitrogen and oxygen atoms in total. The Morgan fingerprint density at radius 1 is 1.53 bits per heavy atom. The molecular weight excluding hydrogens is 244 g/mol. The second-order valence-electron chi connectivity index (χ2n) is 3.71. The van der Waals surface area contributed by atoms with Gasteiger partial charge < -0.3 is 16.2 Å². The number of primary amides is 1. The number of rotatable bonds is 4. The normalized spacial score (nSPS) is 11.9. The van der Waals surface area contributed by atoms with Crippen LogP contribution in [0.1, 0.15) is 23.7 Å². The minimum absolute atomic E-state index is 0.0670. The van der Waals surface area contributed by atoms with Crippen LogP contribution in [0.15, 0.2) is 18.2 Å². The average Bonchev–Trinajstić information content (AvgIpc) is 2.20. The van der Waals surface area contributed by atoms with Crippen LogP contribution >= 0.6 is 11.6 Å². The van der Waals surface area contributed by atoms with Gasteiger partial charge in [-0.2, -0.15) is 0 Å². The van der Waals surface area contributed by atoms with E-state index in [-0.39, 0.29) is 29.1 Å². The summed E-state index contributed by atoms with van der Waals surface area (Å²) in [5, 5.41) is 11.9. The van der Waals surface area contributed by atoms with E-state index in [1.807, 2.05) is 0 Å². The molecule has 0 spiro atoms. The van der Waals surface area contributed by atoms with Crippen LogP contribution in [0.4, 0.5) is 0 Å². The van der Waals surface area contributed by atoms with E-state index in [1.54, 1.807) is 6.92 Å². The lowest BCUT2D eigenvalue weighted by Crippen LogP contribution is -2.35. The van der Waals surface area contributed by atoms with E-state index in [0.29, 0.717) is 5.56 Å². The molecule has 4 N–H and O–H groups in total. The van der Waals surface area contributed by atoms with Crippen LogP contribution in [-0.2, 0) is 4.79 Å². The molecule has 1 aromatic carbocycles. The van der Waals surface area contributed by atoms with E-state index in [0.717, 1.165) is 0 Å². The van der Waals surface area contributed by atoms with Crippen LogP contribution in [0, 0.1) is 0 Å². The minimum atomic E-state index is -0.485. The molecule has 0 bridgehead atoms. The van der Waals surface area contributed by atoms with Gasteiger partial charge in [-0.25, -0.2) is 0 Å². The zero-order valence-corrected chi connectivity index (χ0v) is 9.99. The Hall–Kier alpha value is -1.75. The summed E-state index contributed by atoms with van der Waals surface area (Å²) < 4.78 is 0. The van der Waals surface area contributed by atoms with Gasteiger partial charge in [-0.1, -0.05) is 11.6 Å². The summed E-state index contributed by atoms with van der Waals surface area (Å²) in [7, 11) is 0.